The Bertz CT molecular complexity index is 730. The van der Waals surface area contributed by atoms with Gasteiger partial charge in [0.15, 0.2) is 6.54 Å². The van der Waals surface area contributed by atoms with Gasteiger partial charge in [-0.15, -0.1) is 0 Å². The van der Waals surface area contributed by atoms with Crippen LogP contribution in [0.4, 0.5) is 10.8 Å². The lowest BCUT2D eigenvalue weighted by molar-refractivity contribution is -0.665. The molecule has 2 aromatic rings. The highest BCUT2D eigenvalue weighted by molar-refractivity contribution is 7.12. The molecule has 0 aliphatic carbocycles. The van der Waals surface area contributed by atoms with Crippen LogP contribution in [0, 0.1) is 10.1 Å². The van der Waals surface area contributed by atoms with Crippen molar-refractivity contribution < 1.29 is 31.3 Å². The molecule has 0 fully saturated rings. The number of aliphatic imine (C=N–C) groups is 1. The molecule has 0 aliphatic heterocycles. The lowest BCUT2D eigenvalue weighted by Crippen LogP contribution is -3.00. The lowest BCUT2D eigenvalue weighted by atomic mass is 10.1. The fourth-order valence-corrected chi connectivity index (χ4v) is 2.42. The molecule has 9 heteroatoms. The summed E-state index contributed by atoms with van der Waals surface area (Å²) in [7, 11) is 3.71. The van der Waals surface area contributed by atoms with Crippen LogP contribution in [0.3, 0.4) is 0 Å². The zero-order chi connectivity index (χ0) is 16.1. The molecule has 7 nitrogen and oxygen atoms in total. The average Bonchev–Trinajstić information content (AvgIpc) is 2.92. The maximum absolute atomic E-state index is 12.3. The number of non-ortho nitro benzene ring substituents is 1. The minimum Gasteiger partial charge on any atom is -1.00 e. The van der Waals surface area contributed by atoms with Crippen LogP contribution in [-0.2, 0) is 6.54 Å². The first kappa shape index (κ1) is 18.9. The zero-order valence-corrected chi connectivity index (χ0v) is 15.0. The number of rotatable bonds is 6. The van der Waals surface area contributed by atoms with Crippen LogP contribution in [-0.4, -0.2) is 36.0 Å². The minimum absolute atomic E-state index is 0. The van der Waals surface area contributed by atoms with E-state index in [0.29, 0.717) is 10.7 Å². The number of ketones is 1. The predicted octanol–water partition coefficient (Wildman–Crippen LogP) is -0.948. The van der Waals surface area contributed by atoms with Crippen molar-refractivity contribution in [1.82, 2.24) is 4.90 Å². The Labute approximate surface area is 147 Å². The molecule has 122 valence electrons. The maximum Gasteiger partial charge on any atom is 0.384 e. The van der Waals surface area contributed by atoms with Gasteiger partial charge in [0.25, 0.3) is 5.69 Å². The summed E-state index contributed by atoms with van der Waals surface area (Å²) in [6.45, 7) is 0.0881. The van der Waals surface area contributed by atoms with E-state index in [0.717, 1.165) is 0 Å². The molecule has 23 heavy (non-hydrogen) atoms. The van der Waals surface area contributed by atoms with Gasteiger partial charge < -0.3 is 21.9 Å². The molecule has 0 radical (unpaired) electrons. The molecular formula is C14H15BrN4O3S. The lowest BCUT2D eigenvalue weighted by Gasteiger charge is -2.00. The normalized spacial score (nSPS) is 10.3. The Morgan fingerprint density at radius 3 is 2.87 bits per heavy atom. The van der Waals surface area contributed by atoms with Gasteiger partial charge in [0.05, 0.1) is 4.92 Å². The summed E-state index contributed by atoms with van der Waals surface area (Å²) in [5.74, 6) is -0.201. The van der Waals surface area contributed by atoms with Crippen LogP contribution < -0.4 is 21.5 Å². The number of hydrogen-bond acceptors (Lipinski definition) is 5. The fraction of sp³-hybridized carbons (Fsp3) is 0.214. The Balaban J connectivity index is 0.00000264. The molecule has 0 aliphatic rings. The van der Waals surface area contributed by atoms with E-state index in [-0.39, 0.29) is 35.0 Å². The third-order valence-corrected chi connectivity index (χ3v) is 3.56. The van der Waals surface area contributed by atoms with Crippen molar-refractivity contribution in [1.29, 1.82) is 0 Å². The van der Waals surface area contributed by atoms with Crippen molar-refractivity contribution in [2.24, 2.45) is 4.99 Å². The van der Waals surface area contributed by atoms with Crippen molar-refractivity contribution in [3.8, 4) is 0 Å². The number of carbonyl (C=O) groups is 1. The van der Waals surface area contributed by atoms with E-state index in [4.69, 9.17) is 0 Å². The molecule has 0 saturated heterocycles. The zero-order valence-electron chi connectivity index (χ0n) is 12.5. The number of thiazole rings is 1. The van der Waals surface area contributed by atoms with E-state index in [1.54, 1.807) is 28.1 Å². The summed E-state index contributed by atoms with van der Waals surface area (Å²) in [6.07, 6.45) is 3.42. The monoisotopic (exact) mass is 398 g/mol. The van der Waals surface area contributed by atoms with Crippen molar-refractivity contribution in [2.75, 3.05) is 14.1 Å². The van der Waals surface area contributed by atoms with Gasteiger partial charge in [-0.2, -0.15) is 0 Å². The first-order valence-electron chi connectivity index (χ1n) is 6.42. The average molecular weight is 399 g/mol. The molecule has 0 amide bonds. The first-order chi connectivity index (χ1) is 10.5. The SMILES string of the molecule is CN(C)C=Nc1scc[n+]1CC(=O)c1cccc([N+](=O)[O-])c1.[Br-]. The second-order valence-electron chi connectivity index (χ2n) is 4.75. The summed E-state index contributed by atoms with van der Waals surface area (Å²) in [5.41, 5.74) is 0.224. The number of aromatic nitrogens is 1. The van der Waals surface area contributed by atoms with Crippen LogP contribution in [0.15, 0.2) is 40.8 Å². The van der Waals surface area contributed by atoms with Gasteiger partial charge >= 0.3 is 5.13 Å². The number of nitrogens with zero attached hydrogens (tertiary/aromatic N) is 4. The van der Waals surface area contributed by atoms with E-state index in [9.17, 15) is 14.9 Å². The Morgan fingerprint density at radius 1 is 1.48 bits per heavy atom. The third kappa shape index (κ3) is 5.22. The Morgan fingerprint density at radius 2 is 2.22 bits per heavy atom. The van der Waals surface area contributed by atoms with Crippen LogP contribution in [0.2, 0.25) is 0 Å². The summed E-state index contributed by atoms with van der Waals surface area (Å²) in [5, 5.41) is 13.3. The number of nitro benzene ring substituents is 1. The van der Waals surface area contributed by atoms with Gasteiger partial charge in [0.2, 0.25) is 12.1 Å². The number of nitro groups is 1. The predicted molar refractivity (Wildman–Crippen MR) is 83.8 cm³/mol. The van der Waals surface area contributed by atoms with Crippen molar-refractivity contribution in [3.05, 3.63) is 51.5 Å². The van der Waals surface area contributed by atoms with Crippen molar-refractivity contribution in [3.63, 3.8) is 0 Å². The standard InChI is InChI=1S/C14H15N4O3S.BrH/c1-16(2)10-15-14-17(6-7-22-14)9-13(19)11-4-3-5-12(8-11)18(20)21;/h3-8,10H,9H2,1-2H3;1H/q+1;/p-1. The Hall–Kier alpha value is -2.13. The van der Waals surface area contributed by atoms with E-state index in [1.807, 2.05) is 19.5 Å². The summed E-state index contributed by atoms with van der Waals surface area (Å²) >= 11 is 1.41. The third-order valence-electron chi connectivity index (χ3n) is 2.75. The smallest absolute Gasteiger partial charge is 0.384 e. The largest absolute Gasteiger partial charge is 1.00 e. The molecule has 1 heterocycles. The van der Waals surface area contributed by atoms with Crippen LogP contribution in [0.1, 0.15) is 10.4 Å². The van der Waals surface area contributed by atoms with E-state index >= 15 is 0 Å². The molecular weight excluding hydrogens is 384 g/mol. The van der Waals surface area contributed by atoms with E-state index < -0.39 is 4.92 Å². The summed E-state index contributed by atoms with van der Waals surface area (Å²) in [6, 6.07) is 5.74. The number of Topliss-reactive ketones (excluding diaryl/α,β-unsaturated/α-hetero) is 1. The van der Waals surface area contributed by atoms with Gasteiger partial charge in [-0.25, -0.2) is 4.57 Å². The van der Waals surface area contributed by atoms with Gasteiger partial charge in [-0.3, -0.25) is 14.9 Å². The van der Waals surface area contributed by atoms with Crippen LogP contribution >= 0.6 is 11.3 Å². The van der Waals surface area contributed by atoms with Gasteiger partial charge in [0, 0.05) is 37.2 Å². The maximum atomic E-state index is 12.3. The quantitative estimate of drug-likeness (QED) is 0.157. The number of benzene rings is 1. The molecule has 0 bridgehead atoms. The highest BCUT2D eigenvalue weighted by Crippen LogP contribution is 2.15. The van der Waals surface area contributed by atoms with Gasteiger partial charge in [-0.1, -0.05) is 23.5 Å². The fourth-order valence-electron chi connectivity index (χ4n) is 1.72. The van der Waals surface area contributed by atoms with Crippen molar-refractivity contribution in [2.45, 2.75) is 6.54 Å². The molecule has 1 aromatic heterocycles. The molecule has 1 aromatic carbocycles. The van der Waals surface area contributed by atoms with Crippen LogP contribution in [0.25, 0.3) is 0 Å². The molecule has 0 saturated carbocycles. The van der Waals surface area contributed by atoms with E-state index in [1.165, 1.54) is 29.5 Å². The Kier molecular flexibility index (Phi) is 6.98. The highest BCUT2D eigenvalue weighted by Gasteiger charge is 2.17. The molecule has 2 rings (SSSR count). The molecule has 0 atom stereocenters. The second kappa shape index (κ2) is 8.49. The molecule has 0 unspecified atom stereocenters. The van der Waals surface area contributed by atoms with E-state index in [2.05, 4.69) is 4.99 Å². The number of carbonyl (C=O) groups excluding carboxylic acids is 1. The second-order valence-corrected chi connectivity index (χ2v) is 5.63. The number of halogens is 1. The summed E-state index contributed by atoms with van der Waals surface area (Å²) < 4.78 is 1.71. The van der Waals surface area contributed by atoms with Crippen LogP contribution in [0.5, 0.6) is 0 Å². The first-order valence-corrected chi connectivity index (χ1v) is 7.30. The summed E-state index contributed by atoms with van der Waals surface area (Å²) in [4.78, 5) is 28.6. The highest BCUT2D eigenvalue weighted by atomic mass is 79.9. The topological polar surface area (TPSA) is 79.7 Å². The molecule has 0 spiro atoms. The van der Waals surface area contributed by atoms with Crippen molar-refractivity contribution >= 4 is 34.3 Å². The van der Waals surface area contributed by atoms with Gasteiger partial charge in [0.1, 0.15) is 6.20 Å². The minimum atomic E-state index is -0.513. The molecule has 0 N–H and O–H groups in total. The van der Waals surface area contributed by atoms with Gasteiger partial charge in [-0.05, 0) is 4.99 Å². The number of hydrogen-bond donors (Lipinski definition) is 0.